The summed E-state index contributed by atoms with van der Waals surface area (Å²) < 4.78 is 36.8. The van der Waals surface area contributed by atoms with Gasteiger partial charge in [0.15, 0.2) is 0 Å². The summed E-state index contributed by atoms with van der Waals surface area (Å²) in [5, 5.41) is 7.85. The predicted octanol–water partition coefficient (Wildman–Crippen LogP) is 3.43. The molecule has 0 atom stereocenters. The minimum absolute atomic E-state index is 0.0380. The molecular weight excluding hydrogens is 217 g/mol. The Kier molecular flexibility index (Phi) is 4.62. The third-order valence-electron chi connectivity index (χ3n) is 3.08. The van der Waals surface area contributed by atoms with E-state index >= 15 is 0 Å². The molecule has 0 unspecified atom stereocenters. The lowest BCUT2D eigenvalue weighted by molar-refractivity contribution is -0.138. The summed E-state index contributed by atoms with van der Waals surface area (Å²) in [6.45, 7) is 0.941. The number of amidine groups is 1. The van der Waals surface area contributed by atoms with Crippen LogP contribution in [-0.4, -0.2) is 30.0 Å². The van der Waals surface area contributed by atoms with Crippen molar-refractivity contribution in [1.29, 1.82) is 5.41 Å². The summed E-state index contributed by atoms with van der Waals surface area (Å²) >= 11 is 0. The van der Waals surface area contributed by atoms with Gasteiger partial charge in [-0.1, -0.05) is 19.3 Å². The number of halogens is 3. The standard InChI is InChI=1S/C11H19F3N2/c1-2-16(8-11(12,13)14)10(15)9-6-4-3-5-7-9/h9,15H,2-8H2,1H3. The molecule has 0 spiro atoms. The lowest BCUT2D eigenvalue weighted by atomic mass is 9.88. The maximum Gasteiger partial charge on any atom is 0.405 e. The van der Waals surface area contributed by atoms with Crippen molar-refractivity contribution in [2.45, 2.75) is 45.2 Å². The number of nitrogens with zero attached hydrogens (tertiary/aromatic N) is 1. The second kappa shape index (κ2) is 5.55. The van der Waals surface area contributed by atoms with Crippen molar-refractivity contribution >= 4 is 5.84 Å². The molecule has 1 aliphatic carbocycles. The Morgan fingerprint density at radius 3 is 2.25 bits per heavy atom. The summed E-state index contributed by atoms with van der Waals surface area (Å²) in [5.74, 6) is 0.218. The van der Waals surface area contributed by atoms with E-state index in [4.69, 9.17) is 5.41 Å². The van der Waals surface area contributed by atoms with E-state index in [2.05, 4.69) is 0 Å². The van der Waals surface area contributed by atoms with Crippen molar-refractivity contribution in [3.63, 3.8) is 0 Å². The van der Waals surface area contributed by atoms with Gasteiger partial charge in [0, 0.05) is 12.5 Å². The van der Waals surface area contributed by atoms with Crippen LogP contribution in [0.3, 0.4) is 0 Å². The van der Waals surface area contributed by atoms with Crippen molar-refractivity contribution in [2.24, 2.45) is 5.92 Å². The molecule has 1 N–H and O–H groups in total. The highest BCUT2D eigenvalue weighted by Gasteiger charge is 2.33. The quantitative estimate of drug-likeness (QED) is 0.590. The number of nitrogens with one attached hydrogen (secondary N) is 1. The van der Waals surface area contributed by atoms with E-state index in [9.17, 15) is 13.2 Å². The summed E-state index contributed by atoms with van der Waals surface area (Å²) in [7, 11) is 0. The molecule has 0 bridgehead atoms. The normalized spacial score (nSPS) is 18.5. The molecule has 0 saturated heterocycles. The third-order valence-corrected chi connectivity index (χ3v) is 3.08. The minimum atomic E-state index is -4.21. The average molecular weight is 236 g/mol. The molecule has 0 heterocycles. The van der Waals surface area contributed by atoms with E-state index in [1.165, 1.54) is 0 Å². The Labute approximate surface area is 94.3 Å². The lowest BCUT2D eigenvalue weighted by Gasteiger charge is -2.31. The van der Waals surface area contributed by atoms with Gasteiger partial charge >= 0.3 is 6.18 Å². The van der Waals surface area contributed by atoms with E-state index in [-0.39, 0.29) is 18.3 Å². The van der Waals surface area contributed by atoms with Crippen LogP contribution in [0, 0.1) is 11.3 Å². The highest BCUT2D eigenvalue weighted by atomic mass is 19.4. The van der Waals surface area contributed by atoms with Gasteiger partial charge < -0.3 is 4.90 Å². The molecule has 1 fully saturated rings. The number of hydrogen-bond donors (Lipinski definition) is 1. The van der Waals surface area contributed by atoms with Crippen LogP contribution in [0.15, 0.2) is 0 Å². The van der Waals surface area contributed by atoms with Gasteiger partial charge in [0.2, 0.25) is 0 Å². The topological polar surface area (TPSA) is 27.1 Å². The van der Waals surface area contributed by atoms with Gasteiger partial charge in [0.1, 0.15) is 6.54 Å². The summed E-state index contributed by atoms with van der Waals surface area (Å²) in [5.41, 5.74) is 0. The van der Waals surface area contributed by atoms with E-state index in [0.29, 0.717) is 0 Å². The maximum absolute atomic E-state index is 12.3. The van der Waals surface area contributed by atoms with Crippen LogP contribution in [-0.2, 0) is 0 Å². The number of alkyl halides is 3. The molecule has 0 amide bonds. The summed E-state index contributed by atoms with van der Waals surface area (Å²) in [6, 6.07) is 0. The Hall–Kier alpha value is -0.740. The van der Waals surface area contributed by atoms with Crippen LogP contribution in [0.2, 0.25) is 0 Å². The van der Waals surface area contributed by atoms with Gasteiger partial charge in [0.25, 0.3) is 0 Å². The van der Waals surface area contributed by atoms with E-state index < -0.39 is 12.7 Å². The molecule has 1 rings (SSSR count). The minimum Gasteiger partial charge on any atom is -0.351 e. The fourth-order valence-electron chi connectivity index (χ4n) is 2.22. The van der Waals surface area contributed by atoms with Crippen molar-refractivity contribution in [1.82, 2.24) is 4.90 Å². The lowest BCUT2D eigenvalue weighted by Crippen LogP contribution is -2.42. The highest BCUT2D eigenvalue weighted by Crippen LogP contribution is 2.27. The molecule has 0 aliphatic heterocycles. The van der Waals surface area contributed by atoms with Crippen LogP contribution in [0.4, 0.5) is 13.2 Å². The molecule has 0 aromatic heterocycles. The summed E-state index contributed by atoms with van der Waals surface area (Å²) in [4.78, 5) is 1.15. The molecule has 0 radical (unpaired) electrons. The molecule has 2 nitrogen and oxygen atoms in total. The van der Waals surface area contributed by atoms with Gasteiger partial charge in [-0.05, 0) is 19.8 Å². The van der Waals surface area contributed by atoms with Crippen LogP contribution in [0.25, 0.3) is 0 Å². The van der Waals surface area contributed by atoms with Crippen molar-refractivity contribution in [3.05, 3.63) is 0 Å². The molecule has 0 aromatic rings. The number of rotatable bonds is 3. The Balaban J connectivity index is 2.54. The monoisotopic (exact) mass is 236 g/mol. The van der Waals surface area contributed by atoms with Gasteiger partial charge in [0.05, 0.1) is 5.84 Å². The van der Waals surface area contributed by atoms with Gasteiger partial charge in [-0.2, -0.15) is 13.2 Å². The molecule has 1 saturated carbocycles. The maximum atomic E-state index is 12.3. The first-order chi connectivity index (χ1) is 7.44. The molecule has 94 valence electrons. The molecule has 0 aromatic carbocycles. The average Bonchev–Trinajstić information content (AvgIpc) is 2.25. The zero-order chi connectivity index (χ0) is 12.2. The van der Waals surface area contributed by atoms with Crippen LogP contribution >= 0.6 is 0 Å². The zero-order valence-corrected chi connectivity index (χ0v) is 9.61. The van der Waals surface area contributed by atoms with Gasteiger partial charge in [-0.15, -0.1) is 0 Å². The first-order valence-electron chi connectivity index (χ1n) is 5.84. The predicted molar refractivity (Wildman–Crippen MR) is 57.6 cm³/mol. The number of hydrogen-bond acceptors (Lipinski definition) is 1. The smallest absolute Gasteiger partial charge is 0.351 e. The Morgan fingerprint density at radius 2 is 1.81 bits per heavy atom. The third kappa shape index (κ3) is 4.02. The second-order valence-corrected chi connectivity index (χ2v) is 4.35. The van der Waals surface area contributed by atoms with Crippen LogP contribution in [0.1, 0.15) is 39.0 Å². The van der Waals surface area contributed by atoms with Crippen molar-refractivity contribution in [3.8, 4) is 0 Å². The second-order valence-electron chi connectivity index (χ2n) is 4.35. The Bertz CT molecular complexity index is 232. The SMILES string of the molecule is CCN(CC(F)(F)F)C(=N)C1CCCCC1. The largest absolute Gasteiger partial charge is 0.405 e. The molecule has 16 heavy (non-hydrogen) atoms. The highest BCUT2D eigenvalue weighted by molar-refractivity contribution is 5.81. The zero-order valence-electron chi connectivity index (χ0n) is 9.61. The van der Waals surface area contributed by atoms with E-state index in [1.54, 1.807) is 6.92 Å². The van der Waals surface area contributed by atoms with Gasteiger partial charge in [-0.3, -0.25) is 5.41 Å². The van der Waals surface area contributed by atoms with Crippen molar-refractivity contribution in [2.75, 3.05) is 13.1 Å². The molecule has 5 heteroatoms. The Morgan fingerprint density at radius 1 is 1.25 bits per heavy atom. The van der Waals surface area contributed by atoms with Gasteiger partial charge in [-0.25, -0.2) is 0 Å². The fraction of sp³-hybridized carbons (Fsp3) is 0.909. The van der Waals surface area contributed by atoms with Crippen molar-refractivity contribution < 1.29 is 13.2 Å². The summed E-state index contributed by atoms with van der Waals surface area (Å²) in [6.07, 6.45) is 0.750. The fourth-order valence-corrected chi connectivity index (χ4v) is 2.22. The van der Waals surface area contributed by atoms with E-state index in [1.807, 2.05) is 0 Å². The molecule has 1 aliphatic rings. The first-order valence-corrected chi connectivity index (χ1v) is 5.84. The molecular formula is C11H19F3N2. The first kappa shape index (κ1) is 13.3. The van der Waals surface area contributed by atoms with Crippen LogP contribution in [0.5, 0.6) is 0 Å². The van der Waals surface area contributed by atoms with Crippen LogP contribution < -0.4 is 0 Å². The van der Waals surface area contributed by atoms with E-state index in [0.717, 1.165) is 37.0 Å².